The van der Waals surface area contributed by atoms with Gasteiger partial charge in [0.1, 0.15) is 11.9 Å². The van der Waals surface area contributed by atoms with Gasteiger partial charge in [-0.15, -0.1) is 0 Å². The molecule has 1 fully saturated rings. The Morgan fingerprint density at radius 2 is 2.00 bits per heavy atom. The molecule has 5 nitrogen and oxygen atoms in total. The minimum Gasteiger partial charge on any atom is -0.368 e. The van der Waals surface area contributed by atoms with Gasteiger partial charge >= 0.3 is 0 Å². The molecule has 1 atom stereocenters. The van der Waals surface area contributed by atoms with Crippen molar-refractivity contribution in [1.29, 1.82) is 0 Å². The van der Waals surface area contributed by atoms with Gasteiger partial charge in [0.05, 0.1) is 6.54 Å². The number of hydrogen-bond donors (Lipinski definition) is 2. The Morgan fingerprint density at radius 1 is 1.25 bits per heavy atom. The molecule has 1 heterocycles. The van der Waals surface area contributed by atoms with E-state index in [1.54, 1.807) is 12.1 Å². The number of amides is 2. The van der Waals surface area contributed by atoms with E-state index in [9.17, 15) is 14.0 Å². The maximum atomic E-state index is 12.7. The SMILES string of the molecule is O=C(CNC(=O)C1CCCO1)NCc1ccc(F)cc1. The normalized spacial score (nSPS) is 17.8. The van der Waals surface area contributed by atoms with Gasteiger partial charge < -0.3 is 15.4 Å². The van der Waals surface area contributed by atoms with Crippen molar-refractivity contribution in [3.8, 4) is 0 Å². The van der Waals surface area contributed by atoms with Gasteiger partial charge in [0.25, 0.3) is 0 Å². The van der Waals surface area contributed by atoms with E-state index in [1.807, 2.05) is 0 Å². The molecular formula is C14H17FN2O3. The highest BCUT2D eigenvalue weighted by Gasteiger charge is 2.23. The number of hydrogen-bond acceptors (Lipinski definition) is 3. The first kappa shape index (κ1) is 14.5. The van der Waals surface area contributed by atoms with Crippen LogP contribution in [0.3, 0.4) is 0 Å². The lowest BCUT2D eigenvalue weighted by Crippen LogP contribution is -2.41. The van der Waals surface area contributed by atoms with E-state index in [4.69, 9.17) is 4.74 Å². The minimum atomic E-state index is -0.431. The van der Waals surface area contributed by atoms with Crippen molar-refractivity contribution in [3.05, 3.63) is 35.6 Å². The summed E-state index contributed by atoms with van der Waals surface area (Å²) in [7, 11) is 0. The van der Waals surface area contributed by atoms with E-state index >= 15 is 0 Å². The Labute approximate surface area is 116 Å². The number of nitrogens with one attached hydrogen (secondary N) is 2. The monoisotopic (exact) mass is 280 g/mol. The highest BCUT2D eigenvalue weighted by atomic mass is 19.1. The van der Waals surface area contributed by atoms with Crippen LogP contribution in [0.1, 0.15) is 18.4 Å². The smallest absolute Gasteiger partial charge is 0.249 e. The lowest BCUT2D eigenvalue weighted by Gasteiger charge is -2.10. The third-order valence-corrected chi connectivity index (χ3v) is 3.05. The second-order valence-electron chi connectivity index (χ2n) is 4.62. The second-order valence-corrected chi connectivity index (χ2v) is 4.62. The lowest BCUT2D eigenvalue weighted by molar-refractivity contribution is -0.132. The second kappa shape index (κ2) is 7.00. The molecule has 0 aromatic heterocycles. The summed E-state index contributed by atoms with van der Waals surface area (Å²) in [4.78, 5) is 23.2. The quantitative estimate of drug-likeness (QED) is 0.836. The topological polar surface area (TPSA) is 67.4 Å². The third kappa shape index (κ3) is 4.31. The van der Waals surface area contributed by atoms with Gasteiger partial charge in [0, 0.05) is 13.2 Å². The summed E-state index contributed by atoms with van der Waals surface area (Å²) in [6.07, 6.45) is 1.14. The van der Waals surface area contributed by atoms with Gasteiger partial charge in [0.2, 0.25) is 11.8 Å². The minimum absolute atomic E-state index is 0.0834. The molecule has 2 N–H and O–H groups in total. The predicted octanol–water partition coefficient (Wildman–Crippen LogP) is 0.737. The molecule has 1 aliphatic heterocycles. The van der Waals surface area contributed by atoms with E-state index in [2.05, 4.69) is 10.6 Å². The average molecular weight is 280 g/mol. The highest BCUT2D eigenvalue weighted by molar-refractivity contribution is 5.86. The van der Waals surface area contributed by atoms with Gasteiger partial charge in [-0.2, -0.15) is 0 Å². The number of rotatable bonds is 5. The van der Waals surface area contributed by atoms with Crippen LogP contribution in [0.25, 0.3) is 0 Å². The first-order valence-electron chi connectivity index (χ1n) is 6.55. The van der Waals surface area contributed by atoms with Gasteiger partial charge in [-0.25, -0.2) is 4.39 Å². The Morgan fingerprint density at radius 3 is 2.65 bits per heavy atom. The van der Waals surface area contributed by atoms with Crippen molar-refractivity contribution in [2.45, 2.75) is 25.5 Å². The Balaban J connectivity index is 1.67. The first-order chi connectivity index (χ1) is 9.65. The highest BCUT2D eigenvalue weighted by Crippen LogP contribution is 2.11. The molecule has 2 amide bonds. The van der Waals surface area contributed by atoms with Gasteiger partial charge in [-0.3, -0.25) is 9.59 Å². The summed E-state index contributed by atoms with van der Waals surface area (Å²) >= 11 is 0. The zero-order valence-corrected chi connectivity index (χ0v) is 11.0. The Hall–Kier alpha value is -1.95. The van der Waals surface area contributed by atoms with Crippen LogP contribution < -0.4 is 10.6 Å². The number of ether oxygens (including phenoxy) is 1. The molecule has 1 aliphatic rings. The van der Waals surface area contributed by atoms with Crippen molar-refractivity contribution in [3.63, 3.8) is 0 Å². The molecule has 1 unspecified atom stereocenters. The molecule has 0 saturated carbocycles. The lowest BCUT2D eigenvalue weighted by atomic mass is 10.2. The van der Waals surface area contributed by atoms with Gasteiger partial charge in [-0.05, 0) is 30.5 Å². The Kier molecular flexibility index (Phi) is 5.06. The van der Waals surface area contributed by atoms with E-state index in [0.717, 1.165) is 12.0 Å². The van der Waals surface area contributed by atoms with Crippen LogP contribution in [0.5, 0.6) is 0 Å². The van der Waals surface area contributed by atoms with Crippen LogP contribution in [-0.2, 0) is 20.9 Å². The molecule has 0 spiro atoms. The third-order valence-electron chi connectivity index (χ3n) is 3.05. The molecule has 0 aliphatic carbocycles. The summed E-state index contributed by atoms with van der Waals surface area (Å²) in [6.45, 7) is 0.809. The average Bonchev–Trinajstić information content (AvgIpc) is 2.98. The molecule has 1 aromatic rings. The summed E-state index contributed by atoms with van der Waals surface area (Å²) < 4.78 is 17.9. The predicted molar refractivity (Wildman–Crippen MR) is 70.2 cm³/mol. The van der Waals surface area contributed by atoms with E-state index in [-0.39, 0.29) is 24.2 Å². The van der Waals surface area contributed by atoms with Crippen LogP contribution in [0.15, 0.2) is 24.3 Å². The van der Waals surface area contributed by atoms with E-state index < -0.39 is 6.10 Å². The fourth-order valence-electron chi connectivity index (χ4n) is 1.93. The first-order valence-corrected chi connectivity index (χ1v) is 6.55. The van der Waals surface area contributed by atoms with Crippen molar-refractivity contribution in [1.82, 2.24) is 10.6 Å². The van der Waals surface area contributed by atoms with Gasteiger partial charge in [0.15, 0.2) is 0 Å². The van der Waals surface area contributed by atoms with Crippen molar-refractivity contribution < 1.29 is 18.7 Å². The molecule has 2 rings (SSSR count). The van der Waals surface area contributed by atoms with Crippen LogP contribution in [0.2, 0.25) is 0 Å². The number of halogens is 1. The zero-order chi connectivity index (χ0) is 14.4. The summed E-state index contributed by atoms with van der Waals surface area (Å²) in [6, 6.07) is 5.86. The zero-order valence-electron chi connectivity index (χ0n) is 11.0. The maximum absolute atomic E-state index is 12.7. The van der Waals surface area contributed by atoms with E-state index in [1.165, 1.54) is 12.1 Å². The Bertz CT molecular complexity index is 470. The van der Waals surface area contributed by atoms with Crippen molar-refractivity contribution in [2.24, 2.45) is 0 Å². The summed E-state index contributed by atoms with van der Waals surface area (Å²) in [5, 5.41) is 5.18. The standard InChI is InChI=1S/C14H17FN2O3/c15-11-5-3-10(4-6-11)8-16-13(18)9-17-14(19)12-2-1-7-20-12/h3-6,12H,1-2,7-9H2,(H,16,18)(H,17,19). The van der Waals surface area contributed by atoms with E-state index in [0.29, 0.717) is 19.6 Å². The molecule has 1 aromatic carbocycles. The van der Waals surface area contributed by atoms with Gasteiger partial charge in [-0.1, -0.05) is 12.1 Å². The number of carbonyl (C=O) groups is 2. The largest absolute Gasteiger partial charge is 0.368 e. The fourth-order valence-corrected chi connectivity index (χ4v) is 1.93. The molecule has 0 bridgehead atoms. The van der Waals surface area contributed by atoms with Crippen LogP contribution >= 0.6 is 0 Å². The van der Waals surface area contributed by atoms with Crippen molar-refractivity contribution >= 4 is 11.8 Å². The molecule has 6 heteroatoms. The molecule has 1 saturated heterocycles. The number of benzene rings is 1. The molecule has 20 heavy (non-hydrogen) atoms. The van der Waals surface area contributed by atoms with Crippen LogP contribution in [0.4, 0.5) is 4.39 Å². The molecule has 108 valence electrons. The summed E-state index contributed by atoms with van der Waals surface area (Å²) in [5.74, 6) is -0.857. The summed E-state index contributed by atoms with van der Waals surface area (Å²) in [5.41, 5.74) is 0.796. The molecule has 0 radical (unpaired) electrons. The van der Waals surface area contributed by atoms with Crippen LogP contribution in [-0.4, -0.2) is 31.1 Å². The fraction of sp³-hybridized carbons (Fsp3) is 0.429. The van der Waals surface area contributed by atoms with Crippen LogP contribution in [0, 0.1) is 5.82 Å². The number of carbonyl (C=O) groups excluding carboxylic acids is 2. The maximum Gasteiger partial charge on any atom is 0.249 e. The van der Waals surface area contributed by atoms with Crippen molar-refractivity contribution in [2.75, 3.05) is 13.2 Å². The molecular weight excluding hydrogens is 263 g/mol.